The Labute approximate surface area is 110 Å². The molecular weight excluding hydrogens is 271 g/mol. The van der Waals surface area contributed by atoms with E-state index in [1.54, 1.807) is 6.07 Å². The van der Waals surface area contributed by atoms with Crippen molar-refractivity contribution in [3.63, 3.8) is 0 Å². The second kappa shape index (κ2) is 5.71. The molecule has 0 heterocycles. The topological polar surface area (TPSA) is 52.6 Å². The smallest absolute Gasteiger partial charge is 0.488 e. The molecule has 2 aromatic carbocycles. The van der Waals surface area contributed by atoms with E-state index in [9.17, 15) is 12.3 Å². The number of ether oxygens (including phenoxy) is 1. The van der Waals surface area contributed by atoms with Gasteiger partial charge in [0.15, 0.2) is 0 Å². The summed E-state index contributed by atoms with van der Waals surface area (Å²) < 4.78 is 42.7. The first-order valence-corrected chi connectivity index (χ1v) is 6.75. The van der Waals surface area contributed by atoms with Crippen LogP contribution in [0.25, 0.3) is 0 Å². The Morgan fingerprint density at radius 2 is 1.63 bits per heavy atom. The predicted molar refractivity (Wildman–Crippen MR) is 67.9 cm³/mol. The van der Waals surface area contributed by atoms with Gasteiger partial charge >= 0.3 is 10.5 Å². The van der Waals surface area contributed by atoms with Crippen molar-refractivity contribution in [2.75, 3.05) is 0 Å². The molecule has 0 atom stereocenters. The zero-order valence-electron chi connectivity index (χ0n) is 9.82. The molecule has 0 bridgehead atoms. The SMILES string of the molecule is O=S(=O)(F)Oc1cccc(OCc2ccccc2)c1. The molecule has 0 fully saturated rings. The Morgan fingerprint density at radius 1 is 0.947 bits per heavy atom. The average molecular weight is 282 g/mol. The predicted octanol–water partition coefficient (Wildman–Crippen LogP) is 2.86. The third kappa shape index (κ3) is 4.59. The molecule has 0 saturated carbocycles. The molecular formula is C13H11FO4S. The molecule has 0 unspecified atom stereocenters. The Kier molecular flexibility index (Phi) is 4.01. The zero-order valence-corrected chi connectivity index (χ0v) is 10.6. The van der Waals surface area contributed by atoms with Crippen molar-refractivity contribution in [3.05, 3.63) is 60.2 Å². The minimum absolute atomic E-state index is 0.131. The molecule has 19 heavy (non-hydrogen) atoms. The highest BCUT2D eigenvalue weighted by molar-refractivity contribution is 7.81. The van der Waals surface area contributed by atoms with Gasteiger partial charge in [0.25, 0.3) is 0 Å². The molecule has 0 aliphatic rings. The molecule has 0 aliphatic heterocycles. The molecule has 6 heteroatoms. The van der Waals surface area contributed by atoms with E-state index in [0.29, 0.717) is 12.4 Å². The van der Waals surface area contributed by atoms with Gasteiger partial charge in [-0.15, -0.1) is 0 Å². The van der Waals surface area contributed by atoms with Crippen LogP contribution in [0.2, 0.25) is 0 Å². The lowest BCUT2D eigenvalue weighted by Crippen LogP contribution is -2.01. The fourth-order valence-electron chi connectivity index (χ4n) is 1.47. The minimum atomic E-state index is -5.02. The third-order valence-electron chi connectivity index (χ3n) is 2.25. The van der Waals surface area contributed by atoms with E-state index < -0.39 is 10.5 Å². The lowest BCUT2D eigenvalue weighted by molar-refractivity contribution is 0.305. The summed E-state index contributed by atoms with van der Waals surface area (Å²) in [5, 5.41) is 0. The molecule has 0 spiro atoms. The summed E-state index contributed by atoms with van der Waals surface area (Å²) in [5.74, 6) is 0.262. The van der Waals surface area contributed by atoms with Crippen LogP contribution in [-0.4, -0.2) is 8.42 Å². The van der Waals surface area contributed by atoms with E-state index in [-0.39, 0.29) is 5.75 Å². The van der Waals surface area contributed by atoms with Crippen molar-refractivity contribution >= 4 is 10.5 Å². The quantitative estimate of drug-likeness (QED) is 0.791. The second-order valence-corrected chi connectivity index (χ2v) is 4.68. The maximum Gasteiger partial charge on any atom is 0.488 e. The molecule has 0 saturated heterocycles. The summed E-state index contributed by atoms with van der Waals surface area (Å²) >= 11 is 0. The normalized spacial score (nSPS) is 11.0. The van der Waals surface area contributed by atoms with Crippen LogP contribution < -0.4 is 8.92 Å². The first kappa shape index (κ1) is 13.4. The van der Waals surface area contributed by atoms with Gasteiger partial charge in [-0.3, -0.25) is 0 Å². The van der Waals surface area contributed by atoms with E-state index in [1.807, 2.05) is 30.3 Å². The Hall–Kier alpha value is -2.08. The summed E-state index contributed by atoms with van der Waals surface area (Å²) in [7, 11) is -5.02. The number of hydrogen-bond acceptors (Lipinski definition) is 4. The van der Waals surface area contributed by atoms with Crippen LogP contribution in [0.4, 0.5) is 3.89 Å². The van der Waals surface area contributed by atoms with Crippen LogP contribution in [0.1, 0.15) is 5.56 Å². The lowest BCUT2D eigenvalue weighted by atomic mass is 10.2. The van der Waals surface area contributed by atoms with Gasteiger partial charge < -0.3 is 8.92 Å². The second-order valence-electron chi connectivity index (χ2n) is 3.73. The Bertz CT molecular complexity index is 641. The van der Waals surface area contributed by atoms with Gasteiger partial charge in [-0.25, -0.2) is 0 Å². The molecule has 2 aromatic rings. The highest BCUT2D eigenvalue weighted by Gasteiger charge is 2.09. The molecule has 0 aromatic heterocycles. The average Bonchev–Trinajstić information content (AvgIpc) is 2.36. The molecule has 0 N–H and O–H groups in total. The van der Waals surface area contributed by atoms with E-state index in [1.165, 1.54) is 18.2 Å². The molecule has 0 amide bonds. The first-order chi connectivity index (χ1) is 9.03. The minimum Gasteiger partial charge on any atom is -0.489 e. The van der Waals surface area contributed by atoms with Gasteiger partial charge in [0.1, 0.15) is 18.1 Å². The largest absolute Gasteiger partial charge is 0.489 e. The summed E-state index contributed by atoms with van der Waals surface area (Å²) in [5.41, 5.74) is 0.965. The van der Waals surface area contributed by atoms with Crippen LogP contribution >= 0.6 is 0 Å². The van der Waals surface area contributed by atoms with Crippen molar-refractivity contribution in [1.82, 2.24) is 0 Å². The summed E-state index contributed by atoms with van der Waals surface area (Å²) in [6.45, 7) is 0.326. The Balaban J connectivity index is 2.03. The molecule has 2 rings (SSSR count). The van der Waals surface area contributed by atoms with Crippen molar-refractivity contribution in [3.8, 4) is 11.5 Å². The molecule has 4 nitrogen and oxygen atoms in total. The number of hydrogen-bond donors (Lipinski definition) is 0. The van der Waals surface area contributed by atoms with Gasteiger partial charge in [-0.05, 0) is 17.7 Å². The van der Waals surface area contributed by atoms with Gasteiger partial charge in [-0.1, -0.05) is 40.3 Å². The van der Waals surface area contributed by atoms with Crippen LogP contribution in [0, 0.1) is 0 Å². The number of benzene rings is 2. The molecule has 100 valence electrons. The summed E-state index contributed by atoms with van der Waals surface area (Å²) in [6, 6.07) is 15.2. The van der Waals surface area contributed by atoms with Crippen LogP contribution in [0.15, 0.2) is 54.6 Å². The van der Waals surface area contributed by atoms with Gasteiger partial charge in [0.2, 0.25) is 0 Å². The highest BCUT2D eigenvalue weighted by atomic mass is 32.3. The Morgan fingerprint density at radius 3 is 2.32 bits per heavy atom. The number of halogens is 1. The van der Waals surface area contributed by atoms with Gasteiger partial charge in [-0.2, -0.15) is 8.42 Å². The van der Waals surface area contributed by atoms with Gasteiger partial charge in [0.05, 0.1) is 0 Å². The number of rotatable bonds is 5. The first-order valence-electron chi connectivity index (χ1n) is 5.44. The molecule has 0 radical (unpaired) electrons. The highest BCUT2D eigenvalue weighted by Crippen LogP contribution is 2.21. The van der Waals surface area contributed by atoms with Crippen molar-refractivity contribution in [2.45, 2.75) is 6.61 Å². The van der Waals surface area contributed by atoms with E-state index >= 15 is 0 Å². The van der Waals surface area contributed by atoms with E-state index in [0.717, 1.165) is 5.56 Å². The van der Waals surface area contributed by atoms with Crippen LogP contribution in [-0.2, 0) is 17.1 Å². The van der Waals surface area contributed by atoms with E-state index in [4.69, 9.17) is 4.74 Å². The fourth-order valence-corrected chi connectivity index (χ4v) is 1.81. The van der Waals surface area contributed by atoms with Crippen LogP contribution in [0.5, 0.6) is 11.5 Å². The monoisotopic (exact) mass is 282 g/mol. The fraction of sp³-hybridized carbons (Fsp3) is 0.0769. The van der Waals surface area contributed by atoms with Gasteiger partial charge in [0, 0.05) is 6.07 Å². The van der Waals surface area contributed by atoms with Crippen molar-refractivity contribution < 1.29 is 21.2 Å². The summed E-state index contributed by atoms with van der Waals surface area (Å²) in [6.07, 6.45) is 0. The maximum atomic E-state index is 12.4. The third-order valence-corrected chi connectivity index (χ3v) is 2.64. The summed E-state index contributed by atoms with van der Waals surface area (Å²) in [4.78, 5) is 0. The van der Waals surface area contributed by atoms with Crippen LogP contribution in [0.3, 0.4) is 0 Å². The van der Waals surface area contributed by atoms with Crippen molar-refractivity contribution in [1.29, 1.82) is 0 Å². The standard InChI is InChI=1S/C13H11FO4S/c14-19(15,16)18-13-8-4-7-12(9-13)17-10-11-5-2-1-3-6-11/h1-9H,10H2. The van der Waals surface area contributed by atoms with Crippen molar-refractivity contribution in [2.24, 2.45) is 0 Å². The molecule has 0 aliphatic carbocycles. The zero-order chi connectivity index (χ0) is 13.7. The maximum absolute atomic E-state index is 12.4. The van der Waals surface area contributed by atoms with E-state index in [2.05, 4.69) is 4.18 Å². The lowest BCUT2D eigenvalue weighted by Gasteiger charge is -2.07.